The number of hydrogen-bond donors (Lipinski definition) is 2. The summed E-state index contributed by atoms with van der Waals surface area (Å²) in [4.78, 5) is 29.4. The van der Waals surface area contributed by atoms with Crippen molar-refractivity contribution in [1.29, 1.82) is 0 Å². The van der Waals surface area contributed by atoms with Gasteiger partial charge in [0.15, 0.2) is 5.65 Å². The third-order valence-corrected chi connectivity index (χ3v) is 6.63. The molecular weight excluding hydrogens is 492 g/mol. The molecule has 10 heteroatoms. The van der Waals surface area contributed by atoms with Crippen molar-refractivity contribution in [3.63, 3.8) is 0 Å². The molecule has 0 spiro atoms. The van der Waals surface area contributed by atoms with Crippen molar-refractivity contribution in [2.24, 2.45) is 0 Å². The lowest BCUT2D eigenvalue weighted by atomic mass is 10.1. The lowest BCUT2D eigenvalue weighted by Gasteiger charge is -2.23. The van der Waals surface area contributed by atoms with Crippen molar-refractivity contribution in [2.45, 2.75) is 32.4 Å². The second kappa shape index (κ2) is 11.5. The van der Waals surface area contributed by atoms with E-state index in [2.05, 4.69) is 32.0 Å². The molecule has 1 fully saturated rings. The number of nitrogens with two attached hydrogens (primary N) is 1. The standard InChI is InChI=1S/C29H32N8O2/c1-20-10-12-23(33-29(38)37-25(14-17-39-37)21-8-5-4-6-9-21)18-22(20)11-13-24-26-27(30)31-19-32-28(26)36(34-24)16-7-15-35(2)3/h4-6,8-10,12,18-19,25H,7,14-17H2,1-3H3,(H,33,38)(H2,30,31,32). The topological polar surface area (TPSA) is 114 Å². The van der Waals surface area contributed by atoms with Crippen LogP contribution >= 0.6 is 0 Å². The number of nitrogens with zero attached hydrogens (tertiary/aromatic N) is 6. The Balaban J connectivity index is 1.37. The summed E-state index contributed by atoms with van der Waals surface area (Å²) in [6.07, 6.45) is 3.10. The van der Waals surface area contributed by atoms with E-state index in [0.29, 0.717) is 41.4 Å². The maximum Gasteiger partial charge on any atom is 0.346 e. The Morgan fingerprint density at radius 3 is 2.79 bits per heavy atom. The molecule has 2 amide bonds. The van der Waals surface area contributed by atoms with Gasteiger partial charge in [0.2, 0.25) is 0 Å². The fourth-order valence-corrected chi connectivity index (χ4v) is 4.60. The monoisotopic (exact) mass is 524 g/mol. The van der Waals surface area contributed by atoms with E-state index in [4.69, 9.17) is 15.7 Å². The maximum absolute atomic E-state index is 13.1. The van der Waals surface area contributed by atoms with Crippen LogP contribution in [-0.2, 0) is 11.4 Å². The van der Waals surface area contributed by atoms with E-state index in [1.165, 1.54) is 11.4 Å². The highest BCUT2D eigenvalue weighted by Gasteiger charge is 2.31. The van der Waals surface area contributed by atoms with Crippen LogP contribution in [0.15, 0.2) is 54.9 Å². The number of rotatable bonds is 6. The SMILES string of the molecule is Cc1ccc(NC(=O)N2OCCC2c2ccccc2)cc1C#Cc1nn(CCCN(C)C)c2ncnc(N)c12. The fraction of sp³-hybridized carbons (Fsp3) is 0.310. The van der Waals surface area contributed by atoms with Crippen LogP contribution in [0.5, 0.6) is 0 Å². The highest BCUT2D eigenvalue weighted by atomic mass is 16.7. The molecule has 200 valence electrons. The quantitative estimate of drug-likeness (QED) is 0.367. The maximum atomic E-state index is 13.1. The van der Waals surface area contributed by atoms with E-state index in [9.17, 15) is 4.79 Å². The van der Waals surface area contributed by atoms with Gasteiger partial charge in [-0.2, -0.15) is 10.2 Å². The van der Waals surface area contributed by atoms with Gasteiger partial charge in [0.25, 0.3) is 0 Å². The van der Waals surface area contributed by atoms with E-state index in [1.54, 1.807) is 0 Å². The van der Waals surface area contributed by atoms with Crippen LogP contribution in [0.2, 0.25) is 0 Å². The minimum atomic E-state index is -0.323. The third kappa shape index (κ3) is 5.85. The summed E-state index contributed by atoms with van der Waals surface area (Å²) in [6, 6.07) is 15.1. The Kier molecular flexibility index (Phi) is 7.72. The zero-order chi connectivity index (χ0) is 27.4. The molecule has 1 saturated heterocycles. The molecular formula is C29H32N8O2. The Morgan fingerprint density at radius 2 is 2.00 bits per heavy atom. The summed E-state index contributed by atoms with van der Waals surface area (Å²) in [6.45, 7) is 4.07. The highest BCUT2D eigenvalue weighted by Crippen LogP contribution is 2.31. The lowest BCUT2D eigenvalue weighted by molar-refractivity contribution is -0.0829. The highest BCUT2D eigenvalue weighted by molar-refractivity contribution is 5.91. The van der Waals surface area contributed by atoms with E-state index >= 15 is 0 Å². The van der Waals surface area contributed by atoms with Crippen molar-refractivity contribution in [2.75, 3.05) is 38.3 Å². The van der Waals surface area contributed by atoms with E-state index in [-0.39, 0.29) is 12.1 Å². The zero-order valence-electron chi connectivity index (χ0n) is 22.4. The van der Waals surface area contributed by atoms with Crippen LogP contribution in [0.1, 0.15) is 41.3 Å². The number of nitrogen functional groups attached to an aromatic ring is 1. The summed E-state index contributed by atoms with van der Waals surface area (Å²) in [7, 11) is 4.08. The van der Waals surface area contributed by atoms with Crippen LogP contribution in [-0.4, -0.2) is 63.0 Å². The van der Waals surface area contributed by atoms with Gasteiger partial charge >= 0.3 is 6.03 Å². The number of aryl methyl sites for hydroxylation is 2. The molecule has 3 heterocycles. The first-order chi connectivity index (χ1) is 18.9. The van der Waals surface area contributed by atoms with Crippen LogP contribution in [0.25, 0.3) is 11.0 Å². The number of fused-ring (bicyclic) bond motifs is 1. The second-order valence-electron chi connectivity index (χ2n) is 9.77. The van der Waals surface area contributed by atoms with Gasteiger partial charge in [-0.3, -0.25) is 4.84 Å². The number of carbonyl (C=O) groups is 1. The van der Waals surface area contributed by atoms with Crippen molar-refractivity contribution in [3.8, 4) is 11.8 Å². The number of carbonyl (C=O) groups excluding carboxylic acids is 1. The Labute approximate surface area is 227 Å². The molecule has 10 nitrogen and oxygen atoms in total. The van der Waals surface area contributed by atoms with Crippen LogP contribution in [0.4, 0.5) is 16.3 Å². The van der Waals surface area contributed by atoms with Gasteiger partial charge in [-0.25, -0.2) is 19.4 Å². The molecule has 39 heavy (non-hydrogen) atoms. The van der Waals surface area contributed by atoms with Crippen LogP contribution in [0.3, 0.4) is 0 Å². The molecule has 0 saturated carbocycles. The molecule has 2 aromatic heterocycles. The number of anilines is 2. The fourth-order valence-electron chi connectivity index (χ4n) is 4.60. The average Bonchev–Trinajstić information content (AvgIpc) is 3.56. The van der Waals surface area contributed by atoms with Crippen LogP contribution < -0.4 is 11.1 Å². The number of aromatic nitrogens is 4. The normalized spacial score (nSPS) is 15.0. The van der Waals surface area contributed by atoms with Crippen LogP contribution in [0, 0.1) is 18.8 Å². The lowest BCUT2D eigenvalue weighted by Crippen LogP contribution is -2.33. The predicted octanol–water partition coefficient (Wildman–Crippen LogP) is 3.98. The van der Waals surface area contributed by atoms with E-state index in [0.717, 1.165) is 36.1 Å². The summed E-state index contributed by atoms with van der Waals surface area (Å²) in [5, 5.41) is 9.72. The van der Waals surface area contributed by atoms with E-state index < -0.39 is 0 Å². The smallest absolute Gasteiger partial charge is 0.346 e. The van der Waals surface area contributed by atoms with Gasteiger partial charge in [-0.05, 0) is 63.2 Å². The Morgan fingerprint density at radius 1 is 1.18 bits per heavy atom. The molecule has 5 rings (SSSR count). The number of hydroxylamine groups is 2. The van der Waals surface area contributed by atoms with Crippen molar-refractivity contribution in [3.05, 3.63) is 77.2 Å². The van der Waals surface area contributed by atoms with Crippen molar-refractivity contribution >= 4 is 28.6 Å². The first-order valence-corrected chi connectivity index (χ1v) is 12.9. The number of amides is 2. The zero-order valence-corrected chi connectivity index (χ0v) is 22.4. The molecule has 0 bridgehead atoms. The van der Waals surface area contributed by atoms with Gasteiger partial charge in [0.05, 0.1) is 18.0 Å². The van der Waals surface area contributed by atoms with Gasteiger partial charge < -0.3 is 16.0 Å². The molecule has 3 N–H and O–H groups in total. The number of urea groups is 1. The molecule has 4 aromatic rings. The van der Waals surface area contributed by atoms with Gasteiger partial charge in [0, 0.05) is 24.2 Å². The summed E-state index contributed by atoms with van der Waals surface area (Å²) < 4.78 is 1.84. The summed E-state index contributed by atoms with van der Waals surface area (Å²) in [5.41, 5.74) is 10.8. The molecule has 0 radical (unpaired) electrons. The third-order valence-electron chi connectivity index (χ3n) is 6.63. The molecule has 1 unspecified atom stereocenters. The van der Waals surface area contributed by atoms with Gasteiger partial charge in [-0.15, -0.1) is 0 Å². The largest absolute Gasteiger partial charge is 0.383 e. The van der Waals surface area contributed by atoms with Gasteiger partial charge in [0.1, 0.15) is 17.8 Å². The molecule has 2 aromatic carbocycles. The van der Waals surface area contributed by atoms with E-state index in [1.807, 2.05) is 74.2 Å². The molecule has 1 atom stereocenters. The Bertz CT molecular complexity index is 1540. The number of benzene rings is 2. The van der Waals surface area contributed by atoms with Crippen molar-refractivity contribution < 1.29 is 9.63 Å². The first kappa shape index (κ1) is 26.2. The predicted molar refractivity (Wildman–Crippen MR) is 151 cm³/mol. The van der Waals surface area contributed by atoms with Crippen molar-refractivity contribution in [1.82, 2.24) is 29.7 Å². The minimum Gasteiger partial charge on any atom is -0.383 e. The summed E-state index contributed by atoms with van der Waals surface area (Å²) >= 11 is 0. The summed E-state index contributed by atoms with van der Waals surface area (Å²) in [5.74, 6) is 6.73. The number of nitrogens with one attached hydrogen (secondary N) is 1. The molecule has 0 aliphatic carbocycles. The molecule has 1 aliphatic heterocycles. The number of hydrogen-bond acceptors (Lipinski definition) is 7. The average molecular weight is 525 g/mol. The second-order valence-corrected chi connectivity index (χ2v) is 9.77. The molecule has 1 aliphatic rings. The first-order valence-electron chi connectivity index (χ1n) is 12.9. The Hall–Kier alpha value is -4.46. The van der Waals surface area contributed by atoms with Gasteiger partial charge in [-0.1, -0.05) is 42.3 Å². The minimum absolute atomic E-state index is 0.135.